The van der Waals surface area contributed by atoms with Crippen molar-refractivity contribution in [2.24, 2.45) is 19.5 Å². The van der Waals surface area contributed by atoms with Gasteiger partial charge in [-0.3, -0.25) is 14.2 Å². The number of hydrogen-bond acceptors (Lipinski definition) is 4. The van der Waals surface area contributed by atoms with Crippen LogP contribution in [0.25, 0.3) is 43.6 Å². The van der Waals surface area contributed by atoms with Crippen LogP contribution in [0.3, 0.4) is 0 Å². The van der Waals surface area contributed by atoms with Gasteiger partial charge in [0, 0.05) is 51.3 Å². The summed E-state index contributed by atoms with van der Waals surface area (Å²) in [4.78, 5) is 30.3. The number of carbonyl (C=O) groups excluding carboxylic acids is 1. The predicted octanol–water partition coefficient (Wildman–Crippen LogP) is 6.25. The van der Waals surface area contributed by atoms with Crippen LogP contribution in [0.1, 0.15) is 26.5 Å². The molecule has 184 valence electrons. The molecule has 0 saturated carbocycles. The van der Waals surface area contributed by atoms with Crippen LogP contribution in [-0.2, 0) is 25.4 Å². The lowest BCUT2D eigenvalue weighted by Gasteiger charge is -2.16. The maximum atomic E-state index is 13.3. The van der Waals surface area contributed by atoms with E-state index in [-0.39, 0.29) is 11.5 Å². The summed E-state index contributed by atoms with van der Waals surface area (Å²) in [7, 11) is 3.81. The lowest BCUT2D eigenvalue weighted by Crippen LogP contribution is -2.34. The molecule has 2 aromatic carbocycles. The highest BCUT2D eigenvalue weighted by atomic mass is 79.9. The predicted molar refractivity (Wildman–Crippen MR) is 151 cm³/mol. The molecule has 1 N–H and O–H groups in total. The zero-order chi connectivity index (χ0) is 25.8. The average Bonchev–Trinajstić information content (AvgIpc) is 3.42. The van der Waals surface area contributed by atoms with Crippen molar-refractivity contribution < 1.29 is 4.79 Å². The van der Waals surface area contributed by atoms with Gasteiger partial charge in [0.25, 0.3) is 5.56 Å². The number of thiazole rings is 1. The topological polar surface area (TPSA) is 68.9 Å². The van der Waals surface area contributed by atoms with Crippen LogP contribution in [0.4, 0.5) is 0 Å². The summed E-state index contributed by atoms with van der Waals surface area (Å²) in [5.74, 6) is 0.00131. The number of fused-ring (bicyclic) bond motifs is 3. The van der Waals surface area contributed by atoms with E-state index in [1.807, 2.05) is 70.6 Å². The van der Waals surface area contributed by atoms with Gasteiger partial charge in [-0.1, -0.05) is 48.8 Å². The Morgan fingerprint density at radius 3 is 2.39 bits per heavy atom. The van der Waals surface area contributed by atoms with E-state index in [0.29, 0.717) is 12.1 Å². The monoisotopic (exact) mass is 562 g/mol. The number of nitrogens with one attached hydrogen (secondary N) is 1. The molecular formula is C28H27BrN4O2S. The second-order valence-electron chi connectivity index (χ2n) is 10.0. The molecule has 3 aromatic heterocycles. The van der Waals surface area contributed by atoms with Crippen molar-refractivity contribution in [1.29, 1.82) is 0 Å². The Labute approximate surface area is 221 Å². The number of benzene rings is 2. The minimum Gasteiger partial charge on any atom is -0.350 e. The Morgan fingerprint density at radius 2 is 1.69 bits per heavy atom. The highest BCUT2D eigenvalue weighted by Gasteiger charge is 2.21. The van der Waals surface area contributed by atoms with E-state index in [9.17, 15) is 9.59 Å². The quantitative estimate of drug-likeness (QED) is 0.281. The van der Waals surface area contributed by atoms with Gasteiger partial charge in [-0.05, 0) is 42.0 Å². The number of rotatable bonds is 4. The second-order valence-corrected chi connectivity index (χ2v) is 11.8. The Balaban J connectivity index is 1.58. The molecule has 0 bridgehead atoms. The summed E-state index contributed by atoms with van der Waals surface area (Å²) in [6.07, 6.45) is 0. The van der Waals surface area contributed by atoms with Crippen molar-refractivity contribution in [2.45, 2.75) is 27.3 Å². The van der Waals surface area contributed by atoms with E-state index in [1.54, 1.807) is 15.9 Å². The molecule has 0 spiro atoms. The fourth-order valence-corrected chi connectivity index (χ4v) is 5.50. The first-order valence-electron chi connectivity index (χ1n) is 11.7. The fourth-order valence-electron chi connectivity index (χ4n) is 4.42. The number of aromatic nitrogens is 3. The summed E-state index contributed by atoms with van der Waals surface area (Å²) in [6.45, 7) is 6.09. The molecule has 0 aliphatic carbocycles. The van der Waals surface area contributed by atoms with Crippen LogP contribution in [0.2, 0.25) is 0 Å². The molecule has 6 nitrogen and oxygen atoms in total. The number of halogens is 1. The minimum absolute atomic E-state index is 0.00131. The molecule has 0 fully saturated rings. The van der Waals surface area contributed by atoms with Crippen LogP contribution in [0, 0.1) is 5.41 Å². The highest BCUT2D eigenvalue weighted by Crippen LogP contribution is 2.34. The van der Waals surface area contributed by atoms with Crippen molar-refractivity contribution in [3.05, 3.63) is 74.4 Å². The van der Waals surface area contributed by atoms with Crippen LogP contribution in [0.15, 0.2) is 63.2 Å². The number of pyridine rings is 1. The summed E-state index contributed by atoms with van der Waals surface area (Å²) < 4.78 is 4.77. The average molecular weight is 564 g/mol. The molecule has 0 saturated heterocycles. The van der Waals surface area contributed by atoms with Crippen molar-refractivity contribution in [2.75, 3.05) is 0 Å². The van der Waals surface area contributed by atoms with E-state index in [1.165, 1.54) is 0 Å². The van der Waals surface area contributed by atoms with Crippen molar-refractivity contribution in [3.63, 3.8) is 0 Å². The van der Waals surface area contributed by atoms with Gasteiger partial charge in [-0.15, -0.1) is 11.3 Å². The molecule has 5 aromatic rings. The van der Waals surface area contributed by atoms with E-state index in [4.69, 9.17) is 4.98 Å². The fraction of sp³-hybridized carbons (Fsp3) is 0.250. The van der Waals surface area contributed by atoms with Crippen LogP contribution >= 0.6 is 27.3 Å². The molecule has 0 aliphatic heterocycles. The molecule has 0 unspecified atom stereocenters. The molecule has 36 heavy (non-hydrogen) atoms. The summed E-state index contributed by atoms with van der Waals surface area (Å²) in [5, 5.41) is 7.93. The molecule has 0 atom stereocenters. The van der Waals surface area contributed by atoms with E-state index >= 15 is 0 Å². The third-order valence-corrected chi connectivity index (χ3v) is 7.88. The van der Waals surface area contributed by atoms with Crippen LogP contribution in [0.5, 0.6) is 0 Å². The zero-order valence-corrected chi connectivity index (χ0v) is 23.3. The maximum absolute atomic E-state index is 13.3. The van der Waals surface area contributed by atoms with Gasteiger partial charge in [-0.2, -0.15) is 0 Å². The van der Waals surface area contributed by atoms with Gasteiger partial charge in [0.1, 0.15) is 10.7 Å². The Bertz CT molecular complexity index is 1690. The normalized spacial score (nSPS) is 11.9. The molecular weight excluding hydrogens is 536 g/mol. The summed E-state index contributed by atoms with van der Waals surface area (Å²) in [5.41, 5.74) is 4.85. The van der Waals surface area contributed by atoms with Gasteiger partial charge >= 0.3 is 0 Å². The van der Waals surface area contributed by atoms with Gasteiger partial charge in [0.2, 0.25) is 5.91 Å². The number of amides is 1. The lowest BCUT2D eigenvalue weighted by atomic mass is 9.96. The van der Waals surface area contributed by atoms with Crippen LogP contribution < -0.4 is 10.9 Å². The maximum Gasteiger partial charge on any atom is 0.259 e. The number of hydrogen-bond donors (Lipinski definition) is 1. The Morgan fingerprint density at radius 1 is 1.00 bits per heavy atom. The summed E-state index contributed by atoms with van der Waals surface area (Å²) in [6, 6.07) is 16.1. The molecule has 5 rings (SSSR count). The molecule has 1 amide bonds. The van der Waals surface area contributed by atoms with Gasteiger partial charge in [0.05, 0.1) is 17.8 Å². The Hall–Kier alpha value is -3.23. The SMILES string of the molecule is Cn1c(=O)c(-c2ccc(Br)cc2)cc2c3cc(-c4nc(CNC(=O)C(C)(C)C)cs4)ccc3n(C)c21. The lowest BCUT2D eigenvalue weighted by molar-refractivity contribution is -0.128. The molecule has 0 aliphatic rings. The van der Waals surface area contributed by atoms with E-state index < -0.39 is 5.41 Å². The third-order valence-electron chi connectivity index (χ3n) is 6.41. The second kappa shape index (κ2) is 9.01. The molecule has 3 heterocycles. The van der Waals surface area contributed by atoms with Crippen LogP contribution in [-0.4, -0.2) is 20.0 Å². The Kier molecular flexibility index (Phi) is 6.12. The number of nitrogens with zero attached hydrogens (tertiary/aromatic N) is 3. The van der Waals surface area contributed by atoms with E-state index in [0.717, 1.165) is 48.2 Å². The third kappa shape index (κ3) is 4.29. The molecule has 8 heteroatoms. The minimum atomic E-state index is -0.437. The molecule has 0 radical (unpaired) electrons. The van der Waals surface area contributed by atoms with E-state index in [2.05, 4.69) is 44.0 Å². The highest BCUT2D eigenvalue weighted by molar-refractivity contribution is 9.10. The van der Waals surface area contributed by atoms with Crippen molar-refractivity contribution >= 4 is 55.1 Å². The van der Waals surface area contributed by atoms with Gasteiger partial charge < -0.3 is 9.88 Å². The first-order chi connectivity index (χ1) is 17.0. The van der Waals surface area contributed by atoms with Crippen molar-refractivity contribution in [1.82, 2.24) is 19.4 Å². The zero-order valence-electron chi connectivity index (χ0n) is 20.8. The summed E-state index contributed by atoms with van der Waals surface area (Å²) >= 11 is 5.03. The van der Waals surface area contributed by atoms with Gasteiger partial charge in [-0.25, -0.2) is 4.98 Å². The first-order valence-corrected chi connectivity index (χ1v) is 13.3. The number of aryl methyl sites for hydroxylation is 2. The van der Waals surface area contributed by atoms with Crippen molar-refractivity contribution in [3.8, 4) is 21.7 Å². The smallest absolute Gasteiger partial charge is 0.259 e. The first kappa shape index (κ1) is 24.5. The largest absolute Gasteiger partial charge is 0.350 e. The van der Waals surface area contributed by atoms with Gasteiger partial charge in [0.15, 0.2) is 0 Å². The standard InChI is InChI=1S/C28H27BrN4O2S/c1-28(2,3)27(35)30-14-19-15-36-24(31-19)17-8-11-23-21(12-17)22-13-20(16-6-9-18(29)10-7-16)26(34)33(5)25(22)32(23)4/h6-13,15H,14H2,1-5H3,(H,30,35). The number of carbonyl (C=O) groups is 1.